The van der Waals surface area contributed by atoms with E-state index >= 15 is 0 Å². The summed E-state index contributed by atoms with van der Waals surface area (Å²) in [6.45, 7) is 11.6. The van der Waals surface area contributed by atoms with E-state index in [9.17, 15) is 10.5 Å². The van der Waals surface area contributed by atoms with Gasteiger partial charge in [0.05, 0.1) is 11.4 Å². The summed E-state index contributed by atoms with van der Waals surface area (Å²) >= 11 is 0. The maximum absolute atomic E-state index is 10.5. The predicted octanol–water partition coefficient (Wildman–Crippen LogP) is 15.4. The second-order valence-electron chi connectivity index (χ2n) is 17.0. The van der Waals surface area contributed by atoms with Gasteiger partial charge in [0.1, 0.15) is 23.5 Å². The van der Waals surface area contributed by atoms with Crippen LogP contribution in [0.5, 0.6) is 0 Å². The second-order valence-corrected chi connectivity index (χ2v) is 17.0. The van der Waals surface area contributed by atoms with Crippen LogP contribution in [0.4, 0.5) is 34.1 Å². The topological polar surface area (TPSA) is 78.8 Å². The Kier molecular flexibility index (Phi) is 12.2. The standard InChI is InChI=1S/C64H46N6/c1-5-16-49-39-62(70(52-23-10-7-11-24-52)54-32-30-46-18-13-15-20-48(46)38-54)50(40-61(49)69(51-21-8-6-9-22-51)53-31-29-45-17-12-14-19-47(45)37-53)28-26-44-27-34-56-58(36-44)64(60(42-66)68-4)55-33-25-43(2)35-57(55)63(56)59(41-65)67-3/h5-40H,3-4H2,1-2H3/b16-5+,28-26+,63-59+,64-60-. The fourth-order valence-electron chi connectivity index (χ4n) is 9.58. The van der Waals surface area contributed by atoms with Crippen molar-refractivity contribution in [3.63, 3.8) is 0 Å². The molecular weight excluding hydrogens is 853 g/mol. The van der Waals surface area contributed by atoms with Gasteiger partial charge in [0.2, 0.25) is 0 Å². The molecule has 0 radical (unpaired) electrons. The van der Waals surface area contributed by atoms with E-state index in [1.165, 1.54) is 5.39 Å². The number of nitriles is 2. The Morgan fingerprint density at radius 2 is 0.900 bits per heavy atom. The fraction of sp³-hybridized carbons (Fsp3) is 0.0312. The summed E-state index contributed by atoms with van der Waals surface area (Å²) < 4.78 is 0. The van der Waals surface area contributed by atoms with Gasteiger partial charge in [-0.25, -0.2) is 0 Å². The third-order valence-corrected chi connectivity index (χ3v) is 12.8. The Labute approximate surface area is 407 Å². The quantitative estimate of drug-likeness (QED) is 0.0736. The van der Waals surface area contributed by atoms with E-state index < -0.39 is 0 Å². The van der Waals surface area contributed by atoms with E-state index in [0.29, 0.717) is 10.4 Å². The van der Waals surface area contributed by atoms with Crippen LogP contribution in [0, 0.1) is 29.6 Å². The largest absolute Gasteiger partial charge is 0.310 e. The molecule has 0 aromatic heterocycles. The summed E-state index contributed by atoms with van der Waals surface area (Å²) in [7, 11) is 0. The van der Waals surface area contributed by atoms with Gasteiger partial charge < -0.3 is 9.80 Å². The lowest BCUT2D eigenvalue weighted by atomic mass is 9.93. The van der Waals surface area contributed by atoms with Crippen LogP contribution < -0.4 is 20.2 Å². The molecule has 10 rings (SSSR count). The highest BCUT2D eigenvalue weighted by molar-refractivity contribution is 6.05. The number of benzene rings is 10. The lowest BCUT2D eigenvalue weighted by molar-refractivity contribution is 1.25. The Balaban J connectivity index is 1.28. The predicted molar refractivity (Wildman–Crippen MR) is 297 cm³/mol. The van der Waals surface area contributed by atoms with Crippen LogP contribution >= 0.6 is 0 Å². The summed E-state index contributed by atoms with van der Waals surface area (Å²) in [5.74, 6) is 0. The van der Waals surface area contributed by atoms with E-state index in [2.05, 4.69) is 228 Å². The van der Waals surface area contributed by atoms with Gasteiger partial charge in [0.15, 0.2) is 0 Å². The van der Waals surface area contributed by atoms with E-state index in [0.717, 1.165) is 94.1 Å². The molecule has 0 unspecified atom stereocenters. The number of fused-ring (bicyclic) bond motifs is 4. The summed E-state index contributed by atoms with van der Waals surface area (Å²) in [4.78, 5) is 13.1. The van der Waals surface area contributed by atoms with E-state index in [1.54, 1.807) is 0 Å². The van der Waals surface area contributed by atoms with Crippen LogP contribution in [0.2, 0.25) is 0 Å². The van der Waals surface area contributed by atoms with Gasteiger partial charge in [0.25, 0.3) is 0 Å². The number of hydrogen-bond donors (Lipinski definition) is 0. The first-order valence-corrected chi connectivity index (χ1v) is 23.1. The minimum absolute atomic E-state index is 0.187. The highest BCUT2D eigenvalue weighted by atomic mass is 15.2. The SMILES string of the molecule is C=N/C(C#N)=c1\c2cc(/C=C/c3cc(N(c4ccccc4)c4ccc5ccccc5c4)c(/C=C/C)cc3N(c3ccccc3)c3ccc4ccccc4c3)ccc2/c(=C(/C#N)N=C)c2cc(C)ccc12. The minimum Gasteiger partial charge on any atom is -0.310 e. The Hall–Kier alpha value is -9.62. The minimum atomic E-state index is 0.187. The summed E-state index contributed by atoms with van der Waals surface area (Å²) in [6, 6.07) is 72.4. The summed E-state index contributed by atoms with van der Waals surface area (Å²) in [5, 5.41) is 29.8. The van der Waals surface area contributed by atoms with Gasteiger partial charge in [-0.05, 0) is 143 Å². The third-order valence-electron chi connectivity index (χ3n) is 12.8. The van der Waals surface area contributed by atoms with Crippen LogP contribution in [-0.2, 0) is 0 Å². The van der Waals surface area contributed by atoms with Crippen molar-refractivity contribution in [2.45, 2.75) is 13.8 Å². The van der Waals surface area contributed by atoms with Gasteiger partial charge in [0, 0.05) is 44.3 Å². The lowest BCUT2D eigenvalue weighted by Crippen LogP contribution is -2.18. The first-order valence-electron chi connectivity index (χ1n) is 23.1. The molecule has 6 heteroatoms. The van der Waals surface area contributed by atoms with Crippen molar-refractivity contribution in [1.82, 2.24) is 0 Å². The molecular formula is C64H46N6. The smallest absolute Gasteiger partial charge is 0.148 e. The van der Waals surface area contributed by atoms with Gasteiger partial charge in [-0.1, -0.05) is 157 Å². The number of rotatable bonds is 11. The number of anilines is 6. The maximum atomic E-state index is 10.5. The summed E-state index contributed by atoms with van der Waals surface area (Å²) in [6.07, 6.45) is 8.56. The zero-order chi connectivity index (χ0) is 48.1. The number of hydrogen-bond acceptors (Lipinski definition) is 6. The molecule has 332 valence electrons. The van der Waals surface area contributed by atoms with Crippen molar-refractivity contribution in [2.24, 2.45) is 9.98 Å². The number of aryl methyl sites for hydroxylation is 1. The Morgan fingerprint density at radius 1 is 0.443 bits per heavy atom. The molecule has 0 saturated heterocycles. The number of allylic oxidation sites excluding steroid dienone is 1. The molecule has 0 aliphatic heterocycles. The normalized spacial score (nSPS) is 12.3. The average Bonchev–Trinajstić information content (AvgIpc) is 3.40. The molecule has 70 heavy (non-hydrogen) atoms. The molecule has 0 N–H and O–H groups in total. The van der Waals surface area contributed by atoms with Crippen molar-refractivity contribution in [2.75, 3.05) is 9.80 Å². The van der Waals surface area contributed by atoms with Crippen LogP contribution in [0.15, 0.2) is 210 Å². The summed E-state index contributed by atoms with van der Waals surface area (Å²) in [5.41, 5.74) is 10.2. The number of para-hydroxylation sites is 2. The first-order chi connectivity index (χ1) is 34.4. The monoisotopic (exact) mass is 898 g/mol. The molecule has 0 spiro atoms. The fourth-order valence-corrected chi connectivity index (χ4v) is 9.58. The Bertz CT molecular complexity index is 3990. The maximum Gasteiger partial charge on any atom is 0.148 e. The van der Waals surface area contributed by atoms with Crippen LogP contribution in [0.3, 0.4) is 0 Å². The molecule has 10 aromatic rings. The molecule has 0 saturated carbocycles. The number of nitrogens with zero attached hydrogens (tertiary/aromatic N) is 6. The van der Waals surface area contributed by atoms with Crippen LogP contribution in [-0.4, -0.2) is 13.4 Å². The molecule has 0 bridgehead atoms. The van der Waals surface area contributed by atoms with Gasteiger partial charge in [-0.2, -0.15) is 10.5 Å². The van der Waals surface area contributed by atoms with Crippen LogP contribution in [0.1, 0.15) is 29.2 Å². The number of aliphatic imine (C=N–C) groups is 2. The molecule has 0 aliphatic rings. The van der Waals surface area contributed by atoms with E-state index in [1.807, 2.05) is 49.4 Å². The highest BCUT2D eigenvalue weighted by Gasteiger charge is 2.23. The van der Waals surface area contributed by atoms with Crippen molar-refractivity contribution in [1.29, 1.82) is 10.5 Å². The van der Waals surface area contributed by atoms with Gasteiger partial charge >= 0.3 is 0 Å². The molecule has 0 amide bonds. The average molecular weight is 899 g/mol. The zero-order valence-electron chi connectivity index (χ0n) is 38.9. The molecule has 6 nitrogen and oxygen atoms in total. The van der Waals surface area contributed by atoms with E-state index in [4.69, 9.17) is 0 Å². The van der Waals surface area contributed by atoms with Crippen molar-refractivity contribution in [3.8, 4) is 12.1 Å². The van der Waals surface area contributed by atoms with E-state index in [-0.39, 0.29) is 11.4 Å². The van der Waals surface area contributed by atoms with Gasteiger partial charge in [-0.15, -0.1) is 0 Å². The molecule has 0 aliphatic carbocycles. The van der Waals surface area contributed by atoms with Crippen molar-refractivity contribution in [3.05, 3.63) is 233 Å². The third kappa shape index (κ3) is 8.28. The van der Waals surface area contributed by atoms with Crippen molar-refractivity contribution >= 4 is 120 Å². The van der Waals surface area contributed by atoms with Crippen LogP contribution in [0.25, 0.3) is 72.7 Å². The first kappa shape index (κ1) is 44.2. The van der Waals surface area contributed by atoms with Gasteiger partial charge in [-0.3, -0.25) is 9.98 Å². The molecule has 10 aromatic carbocycles. The highest BCUT2D eigenvalue weighted by Crippen LogP contribution is 2.45. The zero-order valence-corrected chi connectivity index (χ0v) is 38.9. The molecule has 0 heterocycles. The second kappa shape index (κ2) is 19.3. The lowest BCUT2D eigenvalue weighted by Gasteiger charge is -2.32. The molecule has 0 atom stereocenters. The Morgan fingerprint density at radius 3 is 1.39 bits per heavy atom. The van der Waals surface area contributed by atoms with Crippen molar-refractivity contribution < 1.29 is 0 Å². The molecule has 0 fully saturated rings.